The van der Waals surface area contributed by atoms with Gasteiger partial charge in [-0.25, -0.2) is 4.79 Å². The number of anilines is 1. The molecule has 0 saturated carbocycles. The molecule has 0 bridgehead atoms. The van der Waals surface area contributed by atoms with Crippen LogP contribution in [0.15, 0.2) is 54.6 Å². The Morgan fingerprint density at radius 3 is 2.29 bits per heavy atom. The fourth-order valence-corrected chi connectivity index (χ4v) is 5.92. The maximum atomic E-state index is 13.2. The average Bonchev–Trinajstić information content (AvgIpc) is 3.23. The summed E-state index contributed by atoms with van der Waals surface area (Å²) in [5, 5.41) is 1.55. The van der Waals surface area contributed by atoms with Crippen molar-refractivity contribution in [1.82, 2.24) is 14.7 Å². The van der Waals surface area contributed by atoms with Crippen molar-refractivity contribution in [1.29, 1.82) is 0 Å². The molecule has 2 saturated heterocycles. The summed E-state index contributed by atoms with van der Waals surface area (Å²) in [7, 11) is 0. The van der Waals surface area contributed by atoms with Gasteiger partial charge in [-0.15, -0.1) is 11.3 Å². The maximum absolute atomic E-state index is 13.2. The van der Waals surface area contributed by atoms with Gasteiger partial charge in [-0.1, -0.05) is 48.5 Å². The average molecular weight is 479 g/mol. The molecule has 3 heterocycles. The van der Waals surface area contributed by atoms with Crippen LogP contribution < -0.4 is 5.73 Å². The number of carbonyl (C=O) groups is 2. The van der Waals surface area contributed by atoms with E-state index in [-0.39, 0.29) is 12.0 Å². The van der Waals surface area contributed by atoms with E-state index in [1.807, 2.05) is 64.4 Å². The molecule has 1 aromatic heterocycles. The van der Waals surface area contributed by atoms with Crippen molar-refractivity contribution in [3.05, 3.63) is 65.7 Å². The van der Waals surface area contributed by atoms with Crippen LogP contribution in [-0.2, 0) is 11.3 Å². The predicted molar refractivity (Wildman–Crippen MR) is 135 cm³/mol. The van der Waals surface area contributed by atoms with Crippen LogP contribution in [0, 0.1) is 0 Å². The molecule has 7 nitrogen and oxygen atoms in total. The molecular formula is C26H30N4O3S. The van der Waals surface area contributed by atoms with E-state index >= 15 is 0 Å². The Balaban J connectivity index is 1.10. The van der Waals surface area contributed by atoms with Gasteiger partial charge in [0.1, 0.15) is 6.61 Å². The number of thiophene rings is 1. The maximum Gasteiger partial charge on any atom is 0.410 e. The Morgan fingerprint density at radius 1 is 0.882 bits per heavy atom. The Labute approximate surface area is 203 Å². The van der Waals surface area contributed by atoms with E-state index in [1.54, 1.807) is 0 Å². The molecule has 0 aliphatic carbocycles. The number of likely N-dealkylation sites (tertiary alicyclic amines) is 1. The quantitative estimate of drug-likeness (QED) is 0.612. The number of nitrogen functional groups attached to an aromatic ring is 1. The molecule has 0 atom stereocenters. The van der Waals surface area contributed by atoms with E-state index in [4.69, 9.17) is 10.5 Å². The number of fused-ring (bicyclic) bond motifs is 1. The highest BCUT2D eigenvalue weighted by Crippen LogP contribution is 2.34. The van der Waals surface area contributed by atoms with Crippen LogP contribution in [-0.4, -0.2) is 72.0 Å². The van der Waals surface area contributed by atoms with Crippen LogP contribution in [0.25, 0.3) is 10.1 Å². The van der Waals surface area contributed by atoms with Gasteiger partial charge in [-0.2, -0.15) is 0 Å². The number of hydrogen-bond donors (Lipinski definition) is 1. The van der Waals surface area contributed by atoms with Gasteiger partial charge in [-0.3, -0.25) is 9.69 Å². The molecule has 178 valence electrons. The molecule has 0 unspecified atom stereocenters. The number of benzene rings is 2. The first kappa shape index (κ1) is 22.7. The standard InChI is InChI=1S/C26H30N4O3S/c27-24-23(21-8-4-5-9-22(21)34-24)25(31)29-16-14-28(15-17-29)20-10-12-30(13-11-20)26(32)33-18-19-6-2-1-3-7-19/h1-9,20H,10-18,27H2. The Kier molecular flexibility index (Phi) is 6.69. The number of nitrogens with zero attached hydrogens (tertiary/aromatic N) is 3. The Hall–Kier alpha value is -3.10. The topological polar surface area (TPSA) is 79.1 Å². The summed E-state index contributed by atoms with van der Waals surface area (Å²) < 4.78 is 6.54. The Bertz CT molecular complexity index is 1150. The monoisotopic (exact) mass is 478 g/mol. The van der Waals surface area contributed by atoms with Crippen molar-refractivity contribution in [2.75, 3.05) is 45.0 Å². The van der Waals surface area contributed by atoms with Crippen LogP contribution >= 0.6 is 11.3 Å². The van der Waals surface area contributed by atoms with Gasteiger partial charge in [0.2, 0.25) is 0 Å². The zero-order valence-corrected chi connectivity index (χ0v) is 20.0. The van der Waals surface area contributed by atoms with Gasteiger partial charge in [-0.05, 0) is 24.5 Å². The van der Waals surface area contributed by atoms with Gasteiger partial charge in [0.05, 0.1) is 10.6 Å². The van der Waals surface area contributed by atoms with Crippen LogP contribution in [0.1, 0.15) is 28.8 Å². The van der Waals surface area contributed by atoms with Crippen LogP contribution in [0.3, 0.4) is 0 Å². The summed E-state index contributed by atoms with van der Waals surface area (Å²) in [5.41, 5.74) is 7.86. The number of carbonyl (C=O) groups excluding carboxylic acids is 2. The normalized spacial score (nSPS) is 17.8. The molecule has 0 radical (unpaired) electrons. The fourth-order valence-electron chi connectivity index (χ4n) is 4.96. The second-order valence-electron chi connectivity index (χ2n) is 8.92. The molecule has 0 spiro atoms. The summed E-state index contributed by atoms with van der Waals surface area (Å²) in [4.78, 5) is 31.9. The van der Waals surface area contributed by atoms with Crippen molar-refractivity contribution >= 4 is 38.4 Å². The smallest absolute Gasteiger partial charge is 0.410 e. The van der Waals surface area contributed by atoms with Crippen LogP contribution in [0.5, 0.6) is 0 Å². The largest absolute Gasteiger partial charge is 0.445 e. The summed E-state index contributed by atoms with van der Waals surface area (Å²) in [5.74, 6) is 0.0329. The van der Waals surface area contributed by atoms with Crippen LogP contribution in [0.2, 0.25) is 0 Å². The zero-order valence-electron chi connectivity index (χ0n) is 19.2. The number of piperidine rings is 1. The number of nitrogens with two attached hydrogens (primary N) is 1. The van der Waals surface area contributed by atoms with E-state index in [1.165, 1.54) is 11.3 Å². The lowest BCUT2D eigenvalue weighted by Crippen LogP contribution is -2.54. The lowest BCUT2D eigenvalue weighted by molar-refractivity contribution is 0.0402. The second kappa shape index (κ2) is 10.0. The number of hydrogen-bond acceptors (Lipinski definition) is 6. The molecule has 2 amide bonds. The minimum absolute atomic E-state index is 0.0329. The Morgan fingerprint density at radius 2 is 1.56 bits per heavy atom. The summed E-state index contributed by atoms with van der Waals surface area (Å²) in [6.45, 7) is 4.79. The molecule has 5 rings (SSSR count). The van der Waals surface area contributed by atoms with Crippen molar-refractivity contribution in [2.45, 2.75) is 25.5 Å². The number of amides is 2. The summed E-state index contributed by atoms with van der Waals surface area (Å²) in [6, 6.07) is 18.1. The summed E-state index contributed by atoms with van der Waals surface area (Å²) >= 11 is 1.48. The van der Waals surface area contributed by atoms with Gasteiger partial charge in [0.25, 0.3) is 5.91 Å². The van der Waals surface area contributed by atoms with Gasteiger partial charge < -0.3 is 20.3 Å². The third kappa shape index (κ3) is 4.74. The first-order valence-corrected chi connectivity index (χ1v) is 12.7. The van der Waals surface area contributed by atoms with E-state index < -0.39 is 0 Å². The van der Waals surface area contributed by atoms with E-state index in [0.717, 1.165) is 41.6 Å². The zero-order chi connectivity index (χ0) is 23.5. The number of rotatable bonds is 4. The highest BCUT2D eigenvalue weighted by Gasteiger charge is 2.32. The molecule has 2 aliphatic rings. The first-order chi connectivity index (χ1) is 16.6. The van der Waals surface area contributed by atoms with Gasteiger partial charge >= 0.3 is 6.09 Å². The lowest BCUT2D eigenvalue weighted by atomic mass is 10.0. The number of ether oxygens (including phenoxy) is 1. The van der Waals surface area contributed by atoms with Crippen molar-refractivity contribution < 1.29 is 14.3 Å². The minimum atomic E-state index is -0.238. The fraction of sp³-hybridized carbons (Fsp3) is 0.385. The molecular weight excluding hydrogens is 448 g/mol. The molecule has 34 heavy (non-hydrogen) atoms. The van der Waals surface area contributed by atoms with Crippen molar-refractivity contribution in [3.63, 3.8) is 0 Å². The third-order valence-electron chi connectivity index (χ3n) is 6.88. The van der Waals surface area contributed by atoms with Gasteiger partial charge in [0, 0.05) is 55.4 Å². The van der Waals surface area contributed by atoms with E-state index in [9.17, 15) is 9.59 Å². The highest BCUT2D eigenvalue weighted by molar-refractivity contribution is 7.23. The molecule has 2 N–H and O–H groups in total. The minimum Gasteiger partial charge on any atom is -0.445 e. The first-order valence-electron chi connectivity index (χ1n) is 11.9. The molecule has 8 heteroatoms. The van der Waals surface area contributed by atoms with E-state index in [0.29, 0.717) is 49.4 Å². The molecule has 2 aliphatic heterocycles. The lowest BCUT2D eigenvalue weighted by Gasteiger charge is -2.42. The second-order valence-corrected chi connectivity index (χ2v) is 10.0. The number of piperazine rings is 1. The third-order valence-corrected chi connectivity index (χ3v) is 7.88. The van der Waals surface area contributed by atoms with Gasteiger partial charge in [0.15, 0.2) is 0 Å². The predicted octanol–water partition coefficient (Wildman–Crippen LogP) is 4.04. The molecule has 2 fully saturated rings. The summed E-state index contributed by atoms with van der Waals surface area (Å²) in [6.07, 6.45) is 1.62. The van der Waals surface area contributed by atoms with E-state index in [2.05, 4.69) is 4.90 Å². The molecule has 2 aromatic carbocycles. The molecule has 3 aromatic rings. The van der Waals surface area contributed by atoms with Crippen LogP contribution in [0.4, 0.5) is 9.80 Å². The highest BCUT2D eigenvalue weighted by atomic mass is 32.1. The van der Waals surface area contributed by atoms with Crippen molar-refractivity contribution in [2.24, 2.45) is 0 Å². The van der Waals surface area contributed by atoms with Crippen molar-refractivity contribution in [3.8, 4) is 0 Å². The SMILES string of the molecule is Nc1sc2ccccc2c1C(=O)N1CCN(C2CCN(C(=O)OCc3ccccc3)CC2)CC1.